The van der Waals surface area contributed by atoms with Crippen molar-refractivity contribution in [3.05, 3.63) is 70.0 Å². The maximum Gasteiger partial charge on any atom is 0.0624 e. The van der Waals surface area contributed by atoms with Crippen LogP contribution < -0.4 is 21.3 Å². The molecular weight excluding hydrogens is 344 g/mol. The van der Waals surface area contributed by atoms with Crippen molar-refractivity contribution < 1.29 is 0 Å². The smallest absolute Gasteiger partial charge is 0.0624 e. The molecule has 0 aliphatic carbocycles. The Kier molecular flexibility index (Phi) is 4.33. The van der Waals surface area contributed by atoms with Crippen LogP contribution in [0.3, 0.4) is 0 Å². The molecule has 0 fully saturated rings. The number of aromatic nitrogens is 2. The molecule has 0 spiro atoms. The molecule has 2 unspecified atom stereocenters. The average molecular weight is 377 g/mol. The molecule has 2 aromatic rings. The topological polar surface area (TPSA) is 55.6 Å². The lowest BCUT2D eigenvalue weighted by Gasteiger charge is -2.26. The lowest BCUT2D eigenvalue weighted by atomic mass is 9.88. The van der Waals surface area contributed by atoms with Gasteiger partial charge in [-0.2, -0.15) is 0 Å². The lowest BCUT2D eigenvalue weighted by molar-refractivity contribution is 0.345. The SMILES string of the molecule is CC(C)(C)C1C=C/C(=c2/cc/c(=c3/cc/c(=C4/C=CC(C(C)(C)C)N4)[nH]3)[nH]2)N1. The zero-order valence-electron chi connectivity index (χ0n) is 17.8. The van der Waals surface area contributed by atoms with E-state index in [9.17, 15) is 0 Å². The van der Waals surface area contributed by atoms with Crippen LogP contribution in [0.5, 0.6) is 0 Å². The largest absolute Gasteiger partial charge is 0.377 e. The molecular formula is C24H32N4. The summed E-state index contributed by atoms with van der Waals surface area (Å²) in [6, 6.07) is 9.28. The van der Waals surface area contributed by atoms with Gasteiger partial charge in [-0.3, -0.25) is 0 Å². The van der Waals surface area contributed by atoms with Gasteiger partial charge in [-0.25, -0.2) is 0 Å². The van der Waals surface area contributed by atoms with E-state index in [1.54, 1.807) is 0 Å². The fourth-order valence-electron chi connectivity index (χ4n) is 3.68. The van der Waals surface area contributed by atoms with Crippen molar-refractivity contribution >= 4 is 11.4 Å². The molecule has 4 heterocycles. The zero-order valence-corrected chi connectivity index (χ0v) is 17.8. The van der Waals surface area contributed by atoms with Crippen molar-refractivity contribution in [2.45, 2.75) is 53.6 Å². The molecule has 4 N–H and O–H groups in total. The average Bonchev–Trinajstić information content (AvgIpc) is 3.38. The number of hydrogen-bond acceptors (Lipinski definition) is 2. The molecule has 4 nitrogen and oxygen atoms in total. The van der Waals surface area contributed by atoms with Crippen LogP contribution in [0, 0.1) is 21.5 Å². The molecule has 0 radical (unpaired) electrons. The van der Waals surface area contributed by atoms with E-state index in [1.165, 1.54) is 0 Å². The third kappa shape index (κ3) is 3.56. The Labute approximate surface area is 166 Å². The minimum Gasteiger partial charge on any atom is -0.377 e. The summed E-state index contributed by atoms with van der Waals surface area (Å²) in [7, 11) is 0. The summed E-state index contributed by atoms with van der Waals surface area (Å²) in [5.41, 5.74) is 2.71. The molecule has 4 heteroatoms. The van der Waals surface area contributed by atoms with E-state index in [4.69, 9.17) is 0 Å². The molecule has 2 aliphatic rings. The van der Waals surface area contributed by atoms with E-state index >= 15 is 0 Å². The third-order valence-corrected chi connectivity index (χ3v) is 5.64. The van der Waals surface area contributed by atoms with Crippen LogP contribution in [0.15, 0.2) is 48.6 Å². The summed E-state index contributed by atoms with van der Waals surface area (Å²) >= 11 is 0. The van der Waals surface area contributed by atoms with Gasteiger partial charge in [0, 0.05) is 12.1 Å². The van der Waals surface area contributed by atoms with E-state index in [1.807, 2.05) is 0 Å². The maximum atomic E-state index is 3.62. The Bertz CT molecular complexity index is 1050. The van der Waals surface area contributed by atoms with Crippen LogP contribution in [0.4, 0.5) is 0 Å². The number of rotatable bonds is 0. The van der Waals surface area contributed by atoms with E-state index in [0.717, 1.165) is 32.8 Å². The summed E-state index contributed by atoms with van der Waals surface area (Å²) < 4.78 is 0. The first-order valence-corrected chi connectivity index (χ1v) is 10.1. The minimum absolute atomic E-state index is 0.200. The molecule has 0 saturated heterocycles. The first-order valence-electron chi connectivity index (χ1n) is 10.1. The second-order valence-electron chi connectivity index (χ2n) is 10.1. The van der Waals surface area contributed by atoms with Crippen LogP contribution in [-0.2, 0) is 0 Å². The van der Waals surface area contributed by atoms with Gasteiger partial charge < -0.3 is 20.6 Å². The van der Waals surface area contributed by atoms with Crippen molar-refractivity contribution in [1.82, 2.24) is 20.6 Å². The Morgan fingerprint density at radius 2 is 0.929 bits per heavy atom. The van der Waals surface area contributed by atoms with Gasteiger partial charge in [-0.1, -0.05) is 53.7 Å². The predicted molar refractivity (Wildman–Crippen MR) is 116 cm³/mol. The van der Waals surface area contributed by atoms with Crippen LogP contribution in [0.1, 0.15) is 41.5 Å². The highest BCUT2D eigenvalue weighted by atomic mass is 15.0. The van der Waals surface area contributed by atoms with Gasteiger partial charge in [0.15, 0.2) is 0 Å². The first-order chi connectivity index (χ1) is 13.1. The van der Waals surface area contributed by atoms with Crippen LogP contribution >= 0.6 is 0 Å². The predicted octanol–water partition coefficient (Wildman–Crippen LogP) is 2.99. The van der Waals surface area contributed by atoms with Gasteiger partial charge in [-0.05, 0) is 47.2 Å². The highest BCUT2D eigenvalue weighted by molar-refractivity contribution is 5.59. The number of hydrogen-bond donors (Lipinski definition) is 4. The van der Waals surface area contributed by atoms with Gasteiger partial charge in [0.05, 0.1) is 32.8 Å². The second-order valence-corrected chi connectivity index (χ2v) is 10.1. The molecule has 0 aromatic carbocycles. The van der Waals surface area contributed by atoms with E-state index < -0.39 is 0 Å². The maximum absolute atomic E-state index is 3.62. The highest BCUT2D eigenvalue weighted by Crippen LogP contribution is 2.25. The Morgan fingerprint density at radius 3 is 1.25 bits per heavy atom. The third-order valence-electron chi connectivity index (χ3n) is 5.64. The molecule has 4 rings (SSSR count). The number of aromatic amines is 2. The highest BCUT2D eigenvalue weighted by Gasteiger charge is 2.26. The summed E-state index contributed by atoms with van der Waals surface area (Å²) in [5.74, 6) is 0. The van der Waals surface area contributed by atoms with Crippen LogP contribution in [-0.4, -0.2) is 22.1 Å². The summed E-state index contributed by atoms with van der Waals surface area (Å²) in [6.07, 6.45) is 8.87. The standard InChI is InChI=1S/C24H32N4/c1-23(2,3)21-13-11-19(27-21)17-9-7-15(25-17)16-8-10-18(26-16)20-12-14-22(28-20)24(4,5)6/h7-14,21-22,25-28H,1-6H3/b16-15+,19-17+,20-18+. The van der Waals surface area contributed by atoms with Crippen molar-refractivity contribution in [2.75, 3.05) is 0 Å². The molecule has 0 saturated carbocycles. The fraction of sp³-hybridized carbons (Fsp3) is 0.417. The lowest BCUT2D eigenvalue weighted by Crippen LogP contribution is -2.35. The van der Waals surface area contributed by atoms with E-state index in [2.05, 4.69) is 111 Å². The monoisotopic (exact) mass is 376 g/mol. The fourth-order valence-corrected chi connectivity index (χ4v) is 3.68. The molecule has 0 bridgehead atoms. The zero-order chi connectivity index (χ0) is 20.1. The quantitative estimate of drug-likeness (QED) is 0.571. The van der Waals surface area contributed by atoms with Crippen molar-refractivity contribution in [3.8, 4) is 0 Å². The van der Waals surface area contributed by atoms with Gasteiger partial charge in [0.25, 0.3) is 0 Å². The van der Waals surface area contributed by atoms with Crippen LogP contribution in [0.25, 0.3) is 11.4 Å². The van der Waals surface area contributed by atoms with E-state index in [0.29, 0.717) is 12.1 Å². The van der Waals surface area contributed by atoms with Gasteiger partial charge >= 0.3 is 0 Å². The Balaban J connectivity index is 1.69. The minimum atomic E-state index is 0.200. The van der Waals surface area contributed by atoms with E-state index in [-0.39, 0.29) is 10.8 Å². The molecule has 28 heavy (non-hydrogen) atoms. The second kappa shape index (κ2) is 6.47. The summed E-state index contributed by atoms with van der Waals surface area (Å²) in [5, 5.41) is 11.7. The molecule has 2 aromatic heterocycles. The number of nitrogens with one attached hydrogen (secondary N) is 4. The van der Waals surface area contributed by atoms with Gasteiger partial charge in [0.2, 0.25) is 0 Å². The van der Waals surface area contributed by atoms with Crippen molar-refractivity contribution in [1.29, 1.82) is 0 Å². The van der Waals surface area contributed by atoms with Gasteiger partial charge in [-0.15, -0.1) is 0 Å². The molecule has 2 aliphatic heterocycles. The molecule has 148 valence electrons. The van der Waals surface area contributed by atoms with Gasteiger partial charge in [0.1, 0.15) is 0 Å². The summed E-state index contributed by atoms with van der Waals surface area (Å²) in [4.78, 5) is 7.10. The number of H-pyrrole nitrogens is 2. The Morgan fingerprint density at radius 1 is 0.571 bits per heavy atom. The normalized spacial score (nSPS) is 27.2. The Hall–Kier alpha value is -2.62. The summed E-state index contributed by atoms with van der Waals surface area (Å²) in [6.45, 7) is 13.5. The van der Waals surface area contributed by atoms with Crippen molar-refractivity contribution in [3.63, 3.8) is 0 Å². The first kappa shape index (κ1) is 18.7. The molecule has 2 atom stereocenters. The van der Waals surface area contributed by atoms with Crippen LogP contribution in [0.2, 0.25) is 0 Å². The molecule has 0 amide bonds. The van der Waals surface area contributed by atoms with Crippen molar-refractivity contribution in [2.24, 2.45) is 10.8 Å².